The third-order valence-corrected chi connectivity index (χ3v) is 3.82. The van der Waals surface area contributed by atoms with Gasteiger partial charge in [-0.15, -0.1) is 0 Å². The van der Waals surface area contributed by atoms with Gasteiger partial charge < -0.3 is 0 Å². The number of hydrogen-bond donors (Lipinski definition) is 0. The number of benzene rings is 1. The van der Waals surface area contributed by atoms with Crippen molar-refractivity contribution in [2.75, 3.05) is 0 Å². The molecule has 0 aliphatic heterocycles. The van der Waals surface area contributed by atoms with Gasteiger partial charge in [0.2, 0.25) is 0 Å². The highest BCUT2D eigenvalue weighted by molar-refractivity contribution is 6.32. The van der Waals surface area contributed by atoms with Crippen LogP contribution in [-0.4, -0.2) is 10.2 Å². The zero-order chi connectivity index (χ0) is 9.10. The zero-order valence-corrected chi connectivity index (χ0v) is 10.4. The topological polar surface area (TPSA) is 0 Å². The van der Waals surface area contributed by atoms with Crippen LogP contribution in [0.3, 0.4) is 0 Å². The Morgan fingerprint density at radius 1 is 0.923 bits per heavy atom. The highest BCUT2D eigenvalue weighted by Crippen LogP contribution is 2.31. The summed E-state index contributed by atoms with van der Waals surface area (Å²) in [5.74, 6) is 0.871. The fourth-order valence-electron chi connectivity index (χ4n) is 2.27. The second kappa shape index (κ2) is 4.10. The molecule has 0 saturated heterocycles. The van der Waals surface area contributed by atoms with Crippen LogP contribution in [0.1, 0.15) is 43.6 Å². The molecule has 1 heteroatoms. The molecule has 2 rings (SSSR count). The van der Waals surface area contributed by atoms with E-state index in [2.05, 4.69) is 24.3 Å². The van der Waals surface area contributed by atoms with E-state index in [9.17, 15) is 0 Å². The van der Waals surface area contributed by atoms with Crippen molar-refractivity contribution in [3.8, 4) is 0 Å². The molecule has 1 aromatic rings. The Bertz CT molecular complexity index is 257. The molecule has 1 aromatic carbocycles. The maximum Gasteiger partial charge on any atom is 0.0384 e. The van der Waals surface area contributed by atoms with Gasteiger partial charge in [0, 0.05) is 10.2 Å². The molecule has 0 radical (unpaired) electrons. The van der Waals surface area contributed by atoms with Crippen LogP contribution in [0.25, 0.3) is 0 Å². The van der Waals surface area contributed by atoms with Crippen molar-refractivity contribution < 1.29 is 0 Å². The largest absolute Gasteiger partial charge is 0.0707 e. The Balaban J connectivity index is 2.10. The highest BCUT2D eigenvalue weighted by Gasteiger charge is 2.14. The van der Waals surface area contributed by atoms with E-state index in [1.807, 2.05) is 0 Å². The van der Waals surface area contributed by atoms with Gasteiger partial charge >= 0.3 is 0 Å². The van der Waals surface area contributed by atoms with Gasteiger partial charge in [0.05, 0.1) is 0 Å². The molecule has 1 fully saturated rings. The van der Waals surface area contributed by atoms with Gasteiger partial charge in [0.1, 0.15) is 0 Å². The Labute approximate surface area is 83.8 Å². The van der Waals surface area contributed by atoms with Crippen molar-refractivity contribution in [1.29, 1.82) is 0 Å². The SMILES string of the molecule is [SiH3]c1ccc(C2CCCCC2)cc1. The van der Waals surface area contributed by atoms with Crippen molar-refractivity contribution in [2.45, 2.75) is 38.0 Å². The maximum atomic E-state index is 2.35. The average molecular weight is 190 g/mol. The monoisotopic (exact) mass is 190 g/mol. The second-order valence-electron chi connectivity index (χ2n) is 4.25. The first-order chi connectivity index (χ1) is 6.36. The standard InChI is InChI=1S/C12H18Si/c13-12-8-6-11(7-9-12)10-4-2-1-3-5-10/h6-10H,1-5H2,13H3. The second-order valence-corrected chi connectivity index (χ2v) is 5.40. The third-order valence-electron chi connectivity index (χ3n) is 3.15. The fourth-order valence-corrected chi connectivity index (χ4v) is 2.61. The minimum Gasteiger partial charge on any atom is -0.0707 e. The summed E-state index contributed by atoms with van der Waals surface area (Å²) in [7, 11) is 1.19. The molecule has 0 unspecified atom stereocenters. The molecule has 0 amide bonds. The highest BCUT2D eigenvalue weighted by atomic mass is 28.1. The fraction of sp³-hybridized carbons (Fsp3) is 0.500. The zero-order valence-electron chi connectivity index (χ0n) is 8.42. The number of rotatable bonds is 1. The Morgan fingerprint density at radius 2 is 1.54 bits per heavy atom. The van der Waals surface area contributed by atoms with Crippen molar-refractivity contribution in [2.24, 2.45) is 0 Å². The van der Waals surface area contributed by atoms with E-state index in [0.717, 1.165) is 5.92 Å². The van der Waals surface area contributed by atoms with Crippen molar-refractivity contribution in [3.05, 3.63) is 29.8 Å². The van der Waals surface area contributed by atoms with Crippen LogP contribution in [0, 0.1) is 0 Å². The predicted molar refractivity (Wildman–Crippen MR) is 61.8 cm³/mol. The minimum absolute atomic E-state index is 0.871. The smallest absolute Gasteiger partial charge is 0.0384 e. The van der Waals surface area contributed by atoms with Crippen LogP contribution in [-0.2, 0) is 0 Å². The molecule has 0 atom stereocenters. The van der Waals surface area contributed by atoms with Crippen LogP contribution in [0.5, 0.6) is 0 Å². The summed E-state index contributed by atoms with van der Waals surface area (Å²) < 4.78 is 0. The molecule has 1 aliphatic rings. The lowest BCUT2D eigenvalue weighted by Gasteiger charge is -2.21. The summed E-state index contributed by atoms with van der Waals surface area (Å²) in [6.45, 7) is 0. The van der Waals surface area contributed by atoms with Crippen molar-refractivity contribution in [1.82, 2.24) is 0 Å². The quantitative estimate of drug-likeness (QED) is 0.592. The number of hydrogen-bond acceptors (Lipinski definition) is 0. The van der Waals surface area contributed by atoms with Crippen LogP contribution in [0.2, 0.25) is 0 Å². The van der Waals surface area contributed by atoms with Crippen LogP contribution >= 0.6 is 0 Å². The van der Waals surface area contributed by atoms with Crippen molar-refractivity contribution in [3.63, 3.8) is 0 Å². The van der Waals surface area contributed by atoms with Gasteiger partial charge in [-0.25, -0.2) is 0 Å². The van der Waals surface area contributed by atoms with Gasteiger partial charge in [0.15, 0.2) is 0 Å². The van der Waals surface area contributed by atoms with E-state index >= 15 is 0 Å². The molecule has 70 valence electrons. The summed E-state index contributed by atoms with van der Waals surface area (Å²) >= 11 is 0. The summed E-state index contributed by atoms with van der Waals surface area (Å²) in [4.78, 5) is 0. The lowest BCUT2D eigenvalue weighted by atomic mass is 9.84. The lowest BCUT2D eigenvalue weighted by molar-refractivity contribution is 0.443. The van der Waals surface area contributed by atoms with E-state index in [-0.39, 0.29) is 0 Å². The van der Waals surface area contributed by atoms with Gasteiger partial charge in [-0.2, -0.15) is 0 Å². The van der Waals surface area contributed by atoms with Crippen LogP contribution in [0.4, 0.5) is 0 Å². The Hall–Kier alpha value is -0.563. The molecule has 0 nitrogen and oxygen atoms in total. The first-order valence-electron chi connectivity index (χ1n) is 5.43. The lowest BCUT2D eigenvalue weighted by Crippen LogP contribution is -2.07. The average Bonchev–Trinajstić information content (AvgIpc) is 2.20. The normalized spacial score (nSPS) is 19.1. The molecule has 1 saturated carbocycles. The maximum absolute atomic E-state index is 2.35. The molecule has 0 bridgehead atoms. The van der Waals surface area contributed by atoms with Crippen LogP contribution < -0.4 is 5.19 Å². The molecule has 13 heavy (non-hydrogen) atoms. The van der Waals surface area contributed by atoms with E-state index in [1.165, 1.54) is 47.5 Å². The summed E-state index contributed by atoms with van der Waals surface area (Å²) in [6.07, 6.45) is 7.16. The molecule has 0 spiro atoms. The van der Waals surface area contributed by atoms with E-state index in [4.69, 9.17) is 0 Å². The van der Waals surface area contributed by atoms with E-state index in [1.54, 1.807) is 5.56 Å². The first-order valence-corrected chi connectivity index (χ1v) is 6.43. The predicted octanol–water partition coefficient (Wildman–Crippen LogP) is 1.73. The van der Waals surface area contributed by atoms with Crippen molar-refractivity contribution >= 4 is 15.4 Å². The van der Waals surface area contributed by atoms with Gasteiger partial charge in [-0.05, 0) is 24.3 Å². The summed E-state index contributed by atoms with van der Waals surface area (Å²) in [6, 6.07) is 9.29. The molecule has 0 N–H and O–H groups in total. The Kier molecular flexibility index (Phi) is 2.84. The molecular formula is C12H18Si. The first kappa shape index (κ1) is 9.01. The molecular weight excluding hydrogens is 172 g/mol. The third kappa shape index (κ3) is 2.22. The van der Waals surface area contributed by atoms with Crippen LogP contribution in [0.15, 0.2) is 24.3 Å². The van der Waals surface area contributed by atoms with Gasteiger partial charge in [-0.3, -0.25) is 0 Å². The summed E-state index contributed by atoms with van der Waals surface area (Å²) in [5, 5.41) is 1.51. The summed E-state index contributed by atoms with van der Waals surface area (Å²) in [5.41, 5.74) is 1.58. The van der Waals surface area contributed by atoms with E-state index in [0.29, 0.717) is 0 Å². The Morgan fingerprint density at radius 3 is 2.15 bits per heavy atom. The minimum atomic E-state index is 0.871. The van der Waals surface area contributed by atoms with E-state index < -0.39 is 0 Å². The van der Waals surface area contributed by atoms with Gasteiger partial charge in [0.25, 0.3) is 0 Å². The van der Waals surface area contributed by atoms with Gasteiger partial charge in [-0.1, -0.05) is 48.7 Å². The molecule has 0 aromatic heterocycles. The molecule has 0 heterocycles. The molecule has 1 aliphatic carbocycles.